The molecule has 0 atom stereocenters. The minimum atomic E-state index is 0.214. The minimum absolute atomic E-state index is 0.214. The van der Waals surface area contributed by atoms with Crippen molar-refractivity contribution in [1.29, 1.82) is 0 Å². The van der Waals surface area contributed by atoms with Gasteiger partial charge in [0, 0.05) is 12.2 Å². The van der Waals surface area contributed by atoms with Gasteiger partial charge in [-0.1, -0.05) is 0 Å². The molecule has 0 aliphatic carbocycles. The van der Waals surface area contributed by atoms with E-state index < -0.39 is 0 Å². The first-order valence-electron chi connectivity index (χ1n) is 3.12. The highest BCUT2D eigenvalue weighted by Crippen LogP contribution is 2.01. The van der Waals surface area contributed by atoms with E-state index in [2.05, 4.69) is 0 Å². The zero-order chi connectivity index (χ0) is 7.11. The van der Waals surface area contributed by atoms with Crippen LogP contribution in [0.1, 0.15) is 26.2 Å². The van der Waals surface area contributed by atoms with Gasteiger partial charge in [-0.05, 0) is 26.2 Å². The Morgan fingerprint density at radius 1 is 1.56 bits per heavy atom. The Labute approximate surface area is 55.2 Å². The number of carbonyl (C=O) groups excluding carboxylic acids is 1. The van der Waals surface area contributed by atoms with Gasteiger partial charge in [0.25, 0.3) is 0 Å². The molecule has 2 heteroatoms. The molecule has 0 saturated carbocycles. The second kappa shape index (κ2) is 5.54. The summed E-state index contributed by atoms with van der Waals surface area (Å²) >= 11 is 0. The maximum absolute atomic E-state index is 9.87. The van der Waals surface area contributed by atoms with E-state index in [0.717, 1.165) is 24.8 Å². The molecule has 0 aliphatic rings. The molecule has 0 spiro atoms. The van der Waals surface area contributed by atoms with Crippen LogP contribution >= 0.6 is 0 Å². The van der Waals surface area contributed by atoms with Crippen LogP contribution in [0.2, 0.25) is 0 Å². The highest BCUT2D eigenvalue weighted by molar-refractivity contribution is 5.50. The molecule has 0 saturated heterocycles. The second-order valence-electron chi connectivity index (χ2n) is 2.06. The van der Waals surface area contributed by atoms with Crippen molar-refractivity contribution >= 4 is 5.94 Å². The Morgan fingerprint density at radius 2 is 2.22 bits per heavy atom. The van der Waals surface area contributed by atoms with Crippen molar-refractivity contribution in [1.82, 2.24) is 0 Å². The summed E-state index contributed by atoms with van der Waals surface area (Å²) in [5.41, 5.74) is 0.739. The van der Waals surface area contributed by atoms with Gasteiger partial charge in [-0.15, -0.1) is 0 Å². The molecule has 0 amide bonds. The quantitative estimate of drug-likeness (QED) is 0.451. The summed E-state index contributed by atoms with van der Waals surface area (Å²) in [4.78, 5) is 9.87. The van der Waals surface area contributed by atoms with Gasteiger partial charge in [0.1, 0.15) is 5.94 Å². The monoisotopic (exact) mass is 128 g/mol. The van der Waals surface area contributed by atoms with Gasteiger partial charge in [-0.3, -0.25) is 0 Å². The van der Waals surface area contributed by atoms with Crippen LogP contribution in [0.15, 0.2) is 5.57 Å². The average Bonchev–Trinajstić information content (AvgIpc) is 1.89. The second-order valence-corrected chi connectivity index (χ2v) is 2.06. The highest BCUT2D eigenvalue weighted by atomic mass is 16.2. The average molecular weight is 128 g/mol. The Morgan fingerprint density at radius 3 is 2.67 bits per heavy atom. The number of aliphatic hydroxyl groups excluding tert-OH is 1. The van der Waals surface area contributed by atoms with Gasteiger partial charge >= 0.3 is 0 Å². The fourth-order valence-corrected chi connectivity index (χ4v) is 0.553. The van der Waals surface area contributed by atoms with E-state index >= 15 is 0 Å². The van der Waals surface area contributed by atoms with Gasteiger partial charge in [0.2, 0.25) is 0 Å². The normalized spacial score (nSPS) is 8.67. The van der Waals surface area contributed by atoms with Crippen LogP contribution in [0.3, 0.4) is 0 Å². The van der Waals surface area contributed by atoms with Crippen molar-refractivity contribution in [3.63, 3.8) is 0 Å². The van der Waals surface area contributed by atoms with Crippen LogP contribution in [-0.4, -0.2) is 17.7 Å². The Balaban J connectivity index is 3.17. The van der Waals surface area contributed by atoms with E-state index in [-0.39, 0.29) is 6.61 Å². The van der Waals surface area contributed by atoms with E-state index in [1.807, 2.05) is 5.94 Å². The zero-order valence-electron chi connectivity index (χ0n) is 5.68. The van der Waals surface area contributed by atoms with E-state index in [9.17, 15) is 4.79 Å². The van der Waals surface area contributed by atoms with Crippen molar-refractivity contribution in [2.24, 2.45) is 0 Å². The highest BCUT2D eigenvalue weighted by Gasteiger charge is 1.88. The third-order valence-electron chi connectivity index (χ3n) is 1.13. The molecule has 0 rings (SSSR count). The van der Waals surface area contributed by atoms with Gasteiger partial charge < -0.3 is 5.11 Å². The topological polar surface area (TPSA) is 37.3 Å². The third-order valence-corrected chi connectivity index (χ3v) is 1.13. The fourth-order valence-electron chi connectivity index (χ4n) is 0.553. The lowest BCUT2D eigenvalue weighted by molar-refractivity contribution is 0.284. The number of hydrogen-bond acceptors (Lipinski definition) is 2. The minimum Gasteiger partial charge on any atom is -0.396 e. The number of allylic oxidation sites excluding steroid dienone is 1. The predicted molar refractivity (Wildman–Crippen MR) is 35.8 cm³/mol. The Bertz CT molecular complexity index is 112. The summed E-state index contributed by atoms with van der Waals surface area (Å²) in [6.45, 7) is 1.97. The third kappa shape index (κ3) is 5.28. The molecule has 9 heavy (non-hydrogen) atoms. The van der Waals surface area contributed by atoms with E-state index in [4.69, 9.17) is 5.11 Å². The molecule has 0 aliphatic heterocycles. The summed E-state index contributed by atoms with van der Waals surface area (Å²) in [6, 6.07) is 0. The van der Waals surface area contributed by atoms with Crippen LogP contribution in [0.4, 0.5) is 0 Å². The van der Waals surface area contributed by atoms with E-state index in [1.165, 1.54) is 0 Å². The maximum atomic E-state index is 9.87. The van der Waals surface area contributed by atoms with Crippen LogP contribution in [0.25, 0.3) is 0 Å². The van der Waals surface area contributed by atoms with Crippen LogP contribution in [0.5, 0.6) is 0 Å². The smallest absolute Gasteiger partial charge is 0.123 e. The van der Waals surface area contributed by atoms with Gasteiger partial charge in [0.15, 0.2) is 0 Å². The first kappa shape index (κ1) is 8.41. The van der Waals surface area contributed by atoms with Gasteiger partial charge in [-0.2, -0.15) is 0 Å². The summed E-state index contributed by atoms with van der Waals surface area (Å²) in [5.74, 6) is 1.81. The van der Waals surface area contributed by atoms with Crippen molar-refractivity contribution in [2.45, 2.75) is 26.2 Å². The molecular formula is C7H12O2. The fraction of sp³-hybridized carbons (Fsp3) is 0.714. The summed E-state index contributed by atoms with van der Waals surface area (Å²) in [6.07, 6.45) is 2.43. The molecule has 0 bridgehead atoms. The lowest BCUT2D eigenvalue weighted by Gasteiger charge is -1.92. The molecule has 0 heterocycles. The van der Waals surface area contributed by atoms with Gasteiger partial charge in [0.05, 0.1) is 0 Å². The zero-order valence-corrected chi connectivity index (χ0v) is 5.68. The van der Waals surface area contributed by atoms with Crippen molar-refractivity contribution in [3.8, 4) is 0 Å². The Kier molecular flexibility index (Phi) is 5.18. The lowest BCUT2D eigenvalue weighted by Crippen LogP contribution is -1.83. The summed E-state index contributed by atoms with van der Waals surface area (Å²) in [7, 11) is 0. The van der Waals surface area contributed by atoms with Crippen LogP contribution in [0, 0.1) is 0 Å². The summed E-state index contributed by atoms with van der Waals surface area (Å²) in [5, 5.41) is 8.34. The molecule has 0 aromatic rings. The molecule has 0 fully saturated rings. The molecular weight excluding hydrogens is 116 g/mol. The van der Waals surface area contributed by atoms with Crippen molar-refractivity contribution in [3.05, 3.63) is 5.57 Å². The van der Waals surface area contributed by atoms with E-state index in [1.54, 1.807) is 6.92 Å². The largest absolute Gasteiger partial charge is 0.396 e. The first-order chi connectivity index (χ1) is 4.31. The van der Waals surface area contributed by atoms with Crippen molar-refractivity contribution in [2.75, 3.05) is 6.61 Å². The number of rotatable bonds is 4. The van der Waals surface area contributed by atoms with Crippen LogP contribution in [-0.2, 0) is 4.79 Å². The molecule has 0 aromatic carbocycles. The maximum Gasteiger partial charge on any atom is 0.123 e. The standard InChI is InChI=1S/C7H12O2/c1-7(6-9)4-2-3-5-8/h8H,2-5H2,1H3. The number of aliphatic hydroxyl groups is 1. The predicted octanol–water partition coefficient (Wildman–Crippen LogP) is 0.927. The Hall–Kier alpha value is -0.590. The number of hydrogen-bond donors (Lipinski definition) is 1. The van der Waals surface area contributed by atoms with E-state index in [0.29, 0.717) is 0 Å². The molecule has 0 unspecified atom stereocenters. The van der Waals surface area contributed by atoms with Crippen LogP contribution < -0.4 is 0 Å². The lowest BCUT2D eigenvalue weighted by atomic mass is 10.1. The first-order valence-corrected chi connectivity index (χ1v) is 3.12. The van der Waals surface area contributed by atoms with Crippen molar-refractivity contribution < 1.29 is 9.90 Å². The molecule has 0 aromatic heterocycles. The van der Waals surface area contributed by atoms with Gasteiger partial charge in [-0.25, -0.2) is 4.79 Å². The number of unbranched alkanes of at least 4 members (excludes halogenated alkanes) is 1. The molecule has 52 valence electrons. The molecule has 2 nitrogen and oxygen atoms in total. The molecule has 1 N–H and O–H groups in total. The summed E-state index contributed by atoms with van der Waals surface area (Å²) < 4.78 is 0. The SMILES string of the molecule is CC(=C=O)CCCCO. The molecule has 0 radical (unpaired) electrons.